The van der Waals surface area contributed by atoms with E-state index < -0.39 is 5.69 Å². The monoisotopic (exact) mass is 470 g/mol. The number of hydrogen-bond acceptors (Lipinski definition) is 7. The topological polar surface area (TPSA) is 115 Å². The zero-order chi connectivity index (χ0) is 24.8. The maximum absolute atomic E-state index is 13.1. The summed E-state index contributed by atoms with van der Waals surface area (Å²) in [7, 11) is 0. The molecular formula is C26H26N6O3. The number of rotatable bonds is 7. The number of nitriles is 1. The van der Waals surface area contributed by atoms with Crippen LogP contribution in [0.1, 0.15) is 38.3 Å². The second kappa shape index (κ2) is 10.7. The van der Waals surface area contributed by atoms with Crippen molar-refractivity contribution in [2.45, 2.75) is 45.7 Å². The molecule has 3 aromatic rings. The van der Waals surface area contributed by atoms with Gasteiger partial charge in [-0.1, -0.05) is 6.07 Å². The molecule has 2 heterocycles. The van der Waals surface area contributed by atoms with Gasteiger partial charge in [0.2, 0.25) is 11.8 Å². The number of aromatic nitrogens is 4. The molecule has 0 spiro atoms. The molecule has 1 aliphatic rings. The molecule has 1 fully saturated rings. The Labute approximate surface area is 203 Å². The van der Waals surface area contributed by atoms with Crippen LogP contribution in [-0.2, 0) is 13.1 Å². The molecule has 1 saturated carbocycles. The predicted molar refractivity (Wildman–Crippen MR) is 131 cm³/mol. The Morgan fingerprint density at radius 2 is 1.83 bits per heavy atom. The van der Waals surface area contributed by atoms with Gasteiger partial charge >= 0.3 is 11.4 Å². The molecule has 1 aromatic carbocycles. The fraction of sp³-hybridized carbons (Fsp3) is 0.346. The largest absolute Gasteiger partial charge is 0.439 e. The molecule has 1 aliphatic carbocycles. The molecule has 9 nitrogen and oxygen atoms in total. The summed E-state index contributed by atoms with van der Waals surface area (Å²) in [5.41, 5.74) is -0.0611. The van der Waals surface area contributed by atoms with Crippen LogP contribution in [0, 0.1) is 35.5 Å². The highest BCUT2D eigenvalue weighted by Crippen LogP contribution is 2.30. The number of pyridine rings is 1. The van der Waals surface area contributed by atoms with Gasteiger partial charge in [0.1, 0.15) is 17.5 Å². The van der Waals surface area contributed by atoms with Crippen LogP contribution >= 0.6 is 0 Å². The highest BCUT2D eigenvalue weighted by atomic mass is 16.5. The fourth-order valence-electron chi connectivity index (χ4n) is 4.22. The van der Waals surface area contributed by atoms with Crippen LogP contribution in [0.4, 0.5) is 11.6 Å². The van der Waals surface area contributed by atoms with Gasteiger partial charge in [-0.15, -0.1) is 12.3 Å². The summed E-state index contributed by atoms with van der Waals surface area (Å²) in [4.78, 5) is 33.8. The van der Waals surface area contributed by atoms with Crippen LogP contribution < -0.4 is 21.4 Å². The van der Waals surface area contributed by atoms with Crippen LogP contribution in [0.15, 0.2) is 52.1 Å². The summed E-state index contributed by atoms with van der Waals surface area (Å²) in [5, 5.41) is 12.1. The lowest BCUT2D eigenvalue weighted by Gasteiger charge is -2.27. The van der Waals surface area contributed by atoms with Crippen molar-refractivity contribution in [3.05, 3.63) is 69.1 Å². The predicted octanol–water partition coefficient (Wildman–Crippen LogP) is 3.67. The lowest BCUT2D eigenvalue weighted by atomic mass is 9.82. The molecule has 178 valence electrons. The minimum Gasteiger partial charge on any atom is -0.439 e. The molecule has 2 aromatic heterocycles. The molecule has 0 amide bonds. The highest BCUT2D eigenvalue weighted by molar-refractivity contribution is 5.54. The average Bonchev–Trinajstić information content (AvgIpc) is 2.88. The third-order valence-electron chi connectivity index (χ3n) is 6.16. The van der Waals surface area contributed by atoms with Crippen LogP contribution in [0.2, 0.25) is 0 Å². The Hall–Kier alpha value is -4.37. The summed E-state index contributed by atoms with van der Waals surface area (Å²) in [5.74, 6) is 4.45. The van der Waals surface area contributed by atoms with Crippen LogP contribution in [0.3, 0.4) is 0 Å². The van der Waals surface area contributed by atoms with E-state index in [4.69, 9.17) is 16.4 Å². The summed E-state index contributed by atoms with van der Waals surface area (Å²) in [6, 6.07) is 13.9. The zero-order valence-electron chi connectivity index (χ0n) is 19.5. The Morgan fingerprint density at radius 3 is 2.49 bits per heavy atom. The van der Waals surface area contributed by atoms with E-state index in [1.165, 1.54) is 0 Å². The van der Waals surface area contributed by atoms with Gasteiger partial charge in [-0.05, 0) is 68.9 Å². The van der Waals surface area contributed by atoms with Crippen molar-refractivity contribution < 1.29 is 4.74 Å². The molecular weight excluding hydrogens is 444 g/mol. The van der Waals surface area contributed by atoms with E-state index in [0.717, 1.165) is 30.3 Å². The van der Waals surface area contributed by atoms with E-state index in [9.17, 15) is 9.59 Å². The number of benzene rings is 1. The number of hydrogen-bond donors (Lipinski definition) is 1. The molecule has 0 radical (unpaired) electrons. The minimum absolute atomic E-state index is 0.209. The average molecular weight is 471 g/mol. The van der Waals surface area contributed by atoms with Gasteiger partial charge in [-0.25, -0.2) is 19.1 Å². The van der Waals surface area contributed by atoms with Gasteiger partial charge in [0, 0.05) is 30.8 Å². The summed E-state index contributed by atoms with van der Waals surface area (Å²) in [6.45, 7) is 2.47. The second-order valence-electron chi connectivity index (χ2n) is 8.46. The maximum Gasteiger partial charge on any atom is 0.354 e. The summed E-state index contributed by atoms with van der Waals surface area (Å²) >= 11 is 0. The van der Waals surface area contributed by atoms with Crippen molar-refractivity contribution in [3.8, 4) is 30.0 Å². The van der Waals surface area contributed by atoms with Crippen molar-refractivity contribution in [1.29, 1.82) is 5.26 Å². The Morgan fingerprint density at radius 1 is 1.09 bits per heavy atom. The van der Waals surface area contributed by atoms with E-state index >= 15 is 0 Å². The summed E-state index contributed by atoms with van der Waals surface area (Å²) < 4.78 is 8.39. The van der Waals surface area contributed by atoms with Crippen molar-refractivity contribution in [2.75, 3.05) is 5.32 Å². The molecule has 35 heavy (non-hydrogen) atoms. The third kappa shape index (κ3) is 5.59. The zero-order valence-corrected chi connectivity index (χ0v) is 19.5. The van der Waals surface area contributed by atoms with Crippen molar-refractivity contribution in [1.82, 2.24) is 19.1 Å². The highest BCUT2D eigenvalue weighted by Gasteiger charge is 2.23. The number of nitrogens with zero attached hydrogens (tertiary/aromatic N) is 5. The van der Waals surface area contributed by atoms with Crippen LogP contribution in [-0.4, -0.2) is 19.1 Å². The van der Waals surface area contributed by atoms with Crippen molar-refractivity contribution in [3.63, 3.8) is 0 Å². The molecule has 0 saturated heterocycles. The van der Waals surface area contributed by atoms with Gasteiger partial charge in [-0.2, -0.15) is 10.2 Å². The summed E-state index contributed by atoms with van der Waals surface area (Å²) in [6.07, 6.45) is 9.30. The van der Waals surface area contributed by atoms with E-state index in [1.54, 1.807) is 54.0 Å². The van der Waals surface area contributed by atoms with Gasteiger partial charge in [0.05, 0.1) is 0 Å². The van der Waals surface area contributed by atoms with E-state index in [2.05, 4.69) is 21.2 Å². The van der Waals surface area contributed by atoms with Gasteiger partial charge in [0.15, 0.2) is 0 Å². The van der Waals surface area contributed by atoms with Gasteiger partial charge < -0.3 is 10.1 Å². The molecule has 9 heteroatoms. The fourth-order valence-corrected chi connectivity index (χ4v) is 4.22. The van der Waals surface area contributed by atoms with E-state index in [-0.39, 0.29) is 29.8 Å². The first-order chi connectivity index (χ1) is 17.0. The van der Waals surface area contributed by atoms with E-state index in [1.807, 2.05) is 6.07 Å². The van der Waals surface area contributed by atoms with E-state index in [0.29, 0.717) is 29.8 Å². The minimum atomic E-state index is -0.587. The SMILES string of the molecule is C#CC1CCC(Cn2c(Nc3ccc(Oc4cccc(C#N)n4)cc3)nc(=O)n(CC)c2=O)CC1. The smallest absolute Gasteiger partial charge is 0.354 e. The first kappa shape index (κ1) is 23.8. The lowest BCUT2D eigenvalue weighted by Crippen LogP contribution is -2.43. The Kier molecular flexibility index (Phi) is 7.27. The molecule has 4 rings (SSSR count). The third-order valence-corrected chi connectivity index (χ3v) is 6.16. The molecule has 0 atom stereocenters. The number of nitrogens with one attached hydrogen (secondary N) is 1. The molecule has 0 aliphatic heterocycles. The Bertz CT molecular complexity index is 1390. The molecule has 1 N–H and O–H groups in total. The normalized spacial score (nSPS) is 17.2. The van der Waals surface area contributed by atoms with Crippen LogP contribution in [0.25, 0.3) is 0 Å². The van der Waals surface area contributed by atoms with Crippen LogP contribution in [0.5, 0.6) is 11.6 Å². The number of ether oxygens (including phenoxy) is 1. The number of terminal acetylenes is 1. The maximum atomic E-state index is 13.1. The van der Waals surface area contributed by atoms with Crippen molar-refractivity contribution in [2.24, 2.45) is 11.8 Å². The van der Waals surface area contributed by atoms with Gasteiger partial charge in [-0.3, -0.25) is 4.57 Å². The quantitative estimate of drug-likeness (QED) is 0.524. The van der Waals surface area contributed by atoms with Crippen molar-refractivity contribution >= 4 is 11.6 Å². The lowest BCUT2D eigenvalue weighted by molar-refractivity contribution is 0.280. The molecule has 0 bridgehead atoms. The number of anilines is 2. The van der Waals surface area contributed by atoms with Gasteiger partial charge in [0.25, 0.3) is 0 Å². The Balaban J connectivity index is 1.55. The first-order valence-electron chi connectivity index (χ1n) is 11.6. The first-order valence-corrected chi connectivity index (χ1v) is 11.6. The second-order valence-corrected chi connectivity index (χ2v) is 8.46. The molecule has 0 unspecified atom stereocenters. The standard InChI is InChI=1S/C26H26N6O3/c1-3-18-8-10-19(11-9-18)17-32-24(30-25(33)31(4-2)26(32)34)29-20-12-14-22(15-13-20)35-23-7-5-6-21(16-27)28-23/h1,5-7,12-15,18-19H,4,8-11,17H2,2H3,(H,29,30,33).